The Morgan fingerprint density at radius 2 is 1.90 bits per heavy atom. The molecule has 0 aromatic heterocycles. The SMILES string of the molecule is COc1c(N)cc(S(=O)(=O)N2C[C@@H](C)O[C@@H](C)C2)cc1F. The van der Waals surface area contributed by atoms with Crippen LogP contribution in [0.2, 0.25) is 0 Å². The van der Waals surface area contributed by atoms with E-state index in [9.17, 15) is 12.8 Å². The van der Waals surface area contributed by atoms with E-state index in [1.807, 2.05) is 0 Å². The summed E-state index contributed by atoms with van der Waals surface area (Å²) in [7, 11) is -2.55. The normalized spacial score (nSPS) is 24.0. The van der Waals surface area contributed by atoms with Crippen LogP contribution in [0.3, 0.4) is 0 Å². The lowest BCUT2D eigenvalue weighted by Crippen LogP contribution is -2.48. The summed E-state index contributed by atoms with van der Waals surface area (Å²) in [6.07, 6.45) is -0.437. The van der Waals surface area contributed by atoms with Crippen molar-refractivity contribution in [3.8, 4) is 5.75 Å². The Hall–Kier alpha value is -1.38. The van der Waals surface area contributed by atoms with Crippen LogP contribution in [0.1, 0.15) is 13.8 Å². The van der Waals surface area contributed by atoms with Crippen LogP contribution in [-0.2, 0) is 14.8 Å². The van der Waals surface area contributed by atoms with Crippen LogP contribution in [-0.4, -0.2) is 45.1 Å². The molecule has 1 aliphatic heterocycles. The number of nitrogens with zero attached hydrogens (tertiary/aromatic N) is 1. The van der Waals surface area contributed by atoms with Gasteiger partial charge < -0.3 is 15.2 Å². The minimum atomic E-state index is -3.82. The summed E-state index contributed by atoms with van der Waals surface area (Å²) in [6, 6.07) is 2.14. The van der Waals surface area contributed by atoms with E-state index >= 15 is 0 Å². The van der Waals surface area contributed by atoms with E-state index in [0.29, 0.717) is 0 Å². The third-order valence-corrected chi connectivity index (χ3v) is 5.08. The molecule has 2 rings (SSSR count). The molecule has 6 nitrogen and oxygen atoms in total. The summed E-state index contributed by atoms with van der Waals surface area (Å²) in [5, 5.41) is 0. The van der Waals surface area contributed by atoms with E-state index in [1.54, 1.807) is 13.8 Å². The fourth-order valence-corrected chi connectivity index (χ4v) is 4.07. The number of benzene rings is 1. The highest BCUT2D eigenvalue weighted by atomic mass is 32.2. The van der Waals surface area contributed by atoms with Crippen molar-refractivity contribution >= 4 is 15.7 Å². The van der Waals surface area contributed by atoms with Gasteiger partial charge in [0.2, 0.25) is 10.0 Å². The summed E-state index contributed by atoms with van der Waals surface area (Å²) in [6.45, 7) is 4.03. The number of rotatable bonds is 3. The zero-order chi connectivity index (χ0) is 15.8. The molecule has 1 aliphatic rings. The molecule has 1 fully saturated rings. The molecule has 1 heterocycles. The number of nitrogens with two attached hydrogens (primary N) is 1. The van der Waals surface area contributed by atoms with Gasteiger partial charge >= 0.3 is 0 Å². The number of ether oxygens (including phenoxy) is 2. The fourth-order valence-electron chi connectivity index (χ4n) is 2.43. The van der Waals surface area contributed by atoms with E-state index in [1.165, 1.54) is 17.5 Å². The second kappa shape index (κ2) is 5.78. The van der Waals surface area contributed by atoms with Gasteiger partial charge in [0.1, 0.15) is 0 Å². The molecule has 1 saturated heterocycles. The molecule has 0 saturated carbocycles. The fraction of sp³-hybridized carbons (Fsp3) is 0.538. The first-order valence-electron chi connectivity index (χ1n) is 6.54. The Labute approximate surface area is 123 Å². The van der Waals surface area contributed by atoms with Crippen molar-refractivity contribution in [1.82, 2.24) is 4.31 Å². The minimum absolute atomic E-state index is 0.0505. The van der Waals surface area contributed by atoms with Crippen molar-refractivity contribution in [2.75, 3.05) is 25.9 Å². The van der Waals surface area contributed by atoms with Crippen molar-refractivity contribution in [2.45, 2.75) is 31.0 Å². The maximum atomic E-state index is 13.8. The van der Waals surface area contributed by atoms with Crippen molar-refractivity contribution in [3.63, 3.8) is 0 Å². The van der Waals surface area contributed by atoms with Gasteiger partial charge in [-0.25, -0.2) is 12.8 Å². The number of sulfonamides is 1. The second-order valence-electron chi connectivity index (χ2n) is 5.11. The molecule has 0 spiro atoms. The molecule has 0 unspecified atom stereocenters. The maximum Gasteiger partial charge on any atom is 0.243 e. The van der Waals surface area contributed by atoms with Gasteiger partial charge in [0, 0.05) is 13.1 Å². The van der Waals surface area contributed by atoms with Crippen LogP contribution >= 0.6 is 0 Å². The Bertz CT molecular complexity index is 602. The van der Waals surface area contributed by atoms with Crippen LogP contribution in [0.15, 0.2) is 17.0 Å². The highest BCUT2D eigenvalue weighted by Crippen LogP contribution is 2.30. The summed E-state index contributed by atoms with van der Waals surface area (Å²) in [5.74, 6) is -0.955. The monoisotopic (exact) mass is 318 g/mol. The lowest BCUT2D eigenvalue weighted by molar-refractivity contribution is -0.0440. The van der Waals surface area contributed by atoms with E-state index in [4.69, 9.17) is 15.2 Å². The lowest BCUT2D eigenvalue weighted by Gasteiger charge is -2.34. The van der Waals surface area contributed by atoms with Gasteiger partial charge in [-0.1, -0.05) is 0 Å². The predicted octanol–water partition coefficient (Wildman–Crippen LogP) is 1.21. The van der Waals surface area contributed by atoms with E-state index in [2.05, 4.69) is 0 Å². The Kier molecular flexibility index (Phi) is 4.40. The molecule has 0 amide bonds. The number of anilines is 1. The highest BCUT2D eigenvalue weighted by Gasteiger charge is 2.33. The summed E-state index contributed by atoms with van der Waals surface area (Å²) < 4.78 is 50.6. The van der Waals surface area contributed by atoms with Crippen LogP contribution in [0.5, 0.6) is 5.75 Å². The van der Waals surface area contributed by atoms with Gasteiger partial charge in [-0.3, -0.25) is 0 Å². The quantitative estimate of drug-likeness (QED) is 0.847. The third kappa shape index (κ3) is 3.12. The number of methoxy groups -OCH3 is 1. The standard InChI is InChI=1S/C13H19FN2O4S/c1-8-6-16(7-9(2)20-8)21(17,18)10-4-11(14)13(19-3)12(15)5-10/h4-5,8-9H,6-7,15H2,1-3H3/t8-,9+. The topological polar surface area (TPSA) is 81.9 Å². The average molecular weight is 318 g/mol. The largest absolute Gasteiger partial charge is 0.492 e. The molecule has 1 aromatic carbocycles. The molecule has 0 radical (unpaired) electrons. The number of hydrogen-bond acceptors (Lipinski definition) is 5. The molecule has 2 atom stereocenters. The van der Waals surface area contributed by atoms with Gasteiger partial charge in [-0.05, 0) is 26.0 Å². The number of nitrogen functional groups attached to an aromatic ring is 1. The maximum absolute atomic E-state index is 13.8. The first-order valence-corrected chi connectivity index (χ1v) is 7.98. The van der Waals surface area contributed by atoms with Crippen LogP contribution in [0.4, 0.5) is 10.1 Å². The van der Waals surface area contributed by atoms with Gasteiger partial charge in [0.05, 0.1) is 29.9 Å². The number of hydrogen-bond donors (Lipinski definition) is 1. The average Bonchev–Trinajstić information content (AvgIpc) is 2.37. The number of morpholine rings is 1. The van der Waals surface area contributed by atoms with Crippen LogP contribution < -0.4 is 10.5 Å². The predicted molar refractivity (Wildman–Crippen MR) is 76.1 cm³/mol. The molecule has 118 valence electrons. The van der Waals surface area contributed by atoms with Crippen molar-refractivity contribution in [2.24, 2.45) is 0 Å². The van der Waals surface area contributed by atoms with Crippen LogP contribution in [0.25, 0.3) is 0 Å². The Balaban J connectivity index is 2.40. The molecular weight excluding hydrogens is 299 g/mol. The molecule has 8 heteroatoms. The van der Waals surface area contributed by atoms with Gasteiger partial charge in [-0.15, -0.1) is 0 Å². The second-order valence-corrected chi connectivity index (χ2v) is 7.04. The van der Waals surface area contributed by atoms with Crippen molar-refractivity contribution in [3.05, 3.63) is 17.9 Å². The van der Waals surface area contributed by atoms with Crippen molar-refractivity contribution in [1.29, 1.82) is 0 Å². The number of halogens is 1. The zero-order valence-electron chi connectivity index (χ0n) is 12.2. The molecule has 21 heavy (non-hydrogen) atoms. The minimum Gasteiger partial charge on any atom is -0.492 e. The molecule has 0 bridgehead atoms. The first-order chi connectivity index (χ1) is 9.75. The van der Waals surface area contributed by atoms with E-state index in [-0.39, 0.29) is 41.6 Å². The Morgan fingerprint density at radius 1 is 1.33 bits per heavy atom. The summed E-state index contributed by atoms with van der Waals surface area (Å²) in [5.41, 5.74) is 5.59. The molecule has 2 N–H and O–H groups in total. The van der Waals surface area contributed by atoms with Gasteiger partial charge in [0.15, 0.2) is 11.6 Å². The van der Waals surface area contributed by atoms with E-state index in [0.717, 1.165) is 6.07 Å². The molecular formula is C13H19FN2O4S. The van der Waals surface area contributed by atoms with Gasteiger partial charge in [-0.2, -0.15) is 4.31 Å². The molecule has 0 aliphatic carbocycles. The lowest BCUT2D eigenvalue weighted by atomic mass is 10.3. The highest BCUT2D eigenvalue weighted by molar-refractivity contribution is 7.89. The zero-order valence-corrected chi connectivity index (χ0v) is 13.0. The Morgan fingerprint density at radius 3 is 2.38 bits per heavy atom. The molecule has 1 aromatic rings. The first kappa shape index (κ1) is 16.0. The van der Waals surface area contributed by atoms with Crippen LogP contribution in [0, 0.1) is 5.82 Å². The third-order valence-electron chi connectivity index (χ3n) is 3.27. The van der Waals surface area contributed by atoms with Gasteiger partial charge in [0.25, 0.3) is 0 Å². The van der Waals surface area contributed by atoms with Crippen molar-refractivity contribution < 1.29 is 22.3 Å². The summed E-state index contributed by atoms with van der Waals surface area (Å²) >= 11 is 0. The smallest absolute Gasteiger partial charge is 0.243 e. The van der Waals surface area contributed by atoms with E-state index < -0.39 is 15.8 Å². The summed E-state index contributed by atoms with van der Waals surface area (Å²) in [4.78, 5) is -0.181.